The topological polar surface area (TPSA) is 89.1 Å². The second-order valence-corrected chi connectivity index (χ2v) is 5.08. The highest BCUT2D eigenvalue weighted by molar-refractivity contribution is 9.10. The van der Waals surface area contributed by atoms with E-state index in [9.17, 15) is 4.79 Å². The van der Waals surface area contributed by atoms with E-state index in [-0.39, 0.29) is 5.56 Å². The van der Waals surface area contributed by atoms with E-state index in [1.807, 2.05) is 6.07 Å². The quantitative estimate of drug-likeness (QED) is 0.783. The third-order valence-electron chi connectivity index (χ3n) is 2.76. The van der Waals surface area contributed by atoms with Crippen LogP contribution in [0.3, 0.4) is 0 Å². The maximum Gasteiger partial charge on any atom is 0.335 e. The van der Waals surface area contributed by atoms with Crippen LogP contribution >= 0.6 is 15.9 Å². The molecule has 3 rings (SSSR count). The van der Waals surface area contributed by atoms with Crippen molar-refractivity contribution < 1.29 is 14.4 Å². The monoisotopic (exact) mass is 345 g/mol. The van der Waals surface area contributed by atoms with Gasteiger partial charge in [-0.05, 0) is 52.3 Å². The van der Waals surface area contributed by atoms with E-state index in [4.69, 9.17) is 9.63 Å². The van der Waals surface area contributed by atoms with Crippen LogP contribution in [0, 0.1) is 0 Å². The minimum Gasteiger partial charge on any atom is -0.478 e. The van der Waals surface area contributed by atoms with Crippen LogP contribution in [0.2, 0.25) is 0 Å². The molecule has 21 heavy (non-hydrogen) atoms. The van der Waals surface area contributed by atoms with Gasteiger partial charge < -0.3 is 9.63 Å². The molecule has 0 aliphatic carbocycles. The molecule has 0 aliphatic heterocycles. The van der Waals surface area contributed by atoms with Gasteiger partial charge in [0.05, 0.1) is 5.56 Å². The van der Waals surface area contributed by atoms with Crippen LogP contribution in [0.5, 0.6) is 0 Å². The maximum atomic E-state index is 10.8. The summed E-state index contributed by atoms with van der Waals surface area (Å²) in [5.41, 5.74) is 1.44. The summed E-state index contributed by atoms with van der Waals surface area (Å²) in [7, 11) is 0. The zero-order valence-corrected chi connectivity index (χ0v) is 12.1. The molecule has 3 aromatic rings. The van der Waals surface area contributed by atoms with Gasteiger partial charge in [0.15, 0.2) is 0 Å². The molecule has 7 heteroatoms. The van der Waals surface area contributed by atoms with E-state index in [0.29, 0.717) is 23.0 Å². The van der Waals surface area contributed by atoms with Crippen molar-refractivity contribution in [2.45, 2.75) is 0 Å². The summed E-state index contributed by atoms with van der Waals surface area (Å²) in [5, 5.41) is 12.7. The minimum atomic E-state index is -0.980. The molecule has 2 heterocycles. The number of pyridine rings is 1. The molecule has 1 aromatic carbocycles. The van der Waals surface area contributed by atoms with Gasteiger partial charge in [0.25, 0.3) is 5.89 Å². The molecule has 0 spiro atoms. The first-order valence-electron chi connectivity index (χ1n) is 5.93. The Morgan fingerprint density at radius 2 is 1.90 bits per heavy atom. The van der Waals surface area contributed by atoms with Crippen molar-refractivity contribution in [2.24, 2.45) is 0 Å². The second kappa shape index (κ2) is 5.45. The van der Waals surface area contributed by atoms with Crippen LogP contribution in [-0.4, -0.2) is 26.2 Å². The summed E-state index contributed by atoms with van der Waals surface area (Å²) in [6.45, 7) is 0. The van der Waals surface area contributed by atoms with Crippen molar-refractivity contribution in [2.75, 3.05) is 0 Å². The number of rotatable bonds is 3. The Morgan fingerprint density at radius 1 is 1.14 bits per heavy atom. The molecule has 104 valence electrons. The lowest BCUT2D eigenvalue weighted by Gasteiger charge is -1.96. The minimum absolute atomic E-state index is 0.202. The summed E-state index contributed by atoms with van der Waals surface area (Å²) in [4.78, 5) is 19.2. The Hall–Kier alpha value is -2.54. The van der Waals surface area contributed by atoms with Crippen LogP contribution in [0.1, 0.15) is 10.4 Å². The summed E-state index contributed by atoms with van der Waals surface area (Å²) in [5.74, 6) is -0.293. The number of carboxylic acids is 1. The molecule has 0 saturated carbocycles. The van der Waals surface area contributed by atoms with Crippen molar-refractivity contribution in [3.8, 4) is 23.0 Å². The Kier molecular flexibility index (Phi) is 3.49. The van der Waals surface area contributed by atoms with E-state index in [1.165, 1.54) is 12.1 Å². The zero-order valence-electron chi connectivity index (χ0n) is 10.5. The molecule has 1 N–H and O–H groups in total. The molecule has 0 fully saturated rings. The first kappa shape index (κ1) is 13.4. The Bertz CT molecular complexity index is 782. The van der Waals surface area contributed by atoms with Crippen molar-refractivity contribution in [1.29, 1.82) is 0 Å². The average molecular weight is 346 g/mol. The molecule has 0 unspecified atom stereocenters. The largest absolute Gasteiger partial charge is 0.478 e. The normalized spacial score (nSPS) is 10.5. The molecule has 0 radical (unpaired) electrons. The predicted molar refractivity (Wildman–Crippen MR) is 77.6 cm³/mol. The van der Waals surface area contributed by atoms with Gasteiger partial charge in [-0.2, -0.15) is 4.98 Å². The third kappa shape index (κ3) is 2.82. The number of aromatic nitrogens is 3. The molecule has 0 saturated heterocycles. The number of aromatic carboxylic acids is 1. The van der Waals surface area contributed by atoms with Gasteiger partial charge in [0.1, 0.15) is 5.69 Å². The molecule has 2 aromatic heterocycles. The highest BCUT2D eigenvalue weighted by atomic mass is 79.9. The van der Waals surface area contributed by atoms with Crippen LogP contribution in [0.15, 0.2) is 51.6 Å². The van der Waals surface area contributed by atoms with E-state index in [2.05, 4.69) is 31.1 Å². The lowest BCUT2D eigenvalue weighted by Crippen LogP contribution is -1.94. The highest BCUT2D eigenvalue weighted by Gasteiger charge is 2.12. The fraction of sp³-hybridized carbons (Fsp3) is 0. The van der Waals surface area contributed by atoms with Crippen molar-refractivity contribution in [1.82, 2.24) is 15.1 Å². The smallest absolute Gasteiger partial charge is 0.335 e. The summed E-state index contributed by atoms with van der Waals surface area (Å²) < 4.78 is 6.04. The molecular formula is C14H8BrN3O3. The Morgan fingerprint density at radius 3 is 2.52 bits per heavy atom. The van der Waals surface area contributed by atoms with Crippen LogP contribution in [-0.2, 0) is 0 Å². The first-order valence-corrected chi connectivity index (χ1v) is 6.72. The molecule has 0 aliphatic rings. The van der Waals surface area contributed by atoms with Crippen LogP contribution in [0.25, 0.3) is 23.0 Å². The SMILES string of the molecule is O=C(O)c1ccc(-c2nc(-c3ccc(Br)cn3)no2)cc1. The number of benzene rings is 1. The number of carbonyl (C=O) groups is 1. The van der Waals surface area contributed by atoms with Crippen molar-refractivity contribution in [3.05, 3.63) is 52.6 Å². The highest BCUT2D eigenvalue weighted by Crippen LogP contribution is 2.22. The van der Waals surface area contributed by atoms with Gasteiger partial charge in [0.2, 0.25) is 5.82 Å². The molecule has 0 atom stereocenters. The number of nitrogens with zero attached hydrogens (tertiary/aromatic N) is 3. The van der Waals surface area contributed by atoms with Gasteiger partial charge in [-0.25, -0.2) is 4.79 Å². The van der Waals surface area contributed by atoms with Gasteiger partial charge in [-0.3, -0.25) is 4.98 Å². The van der Waals surface area contributed by atoms with Gasteiger partial charge >= 0.3 is 5.97 Å². The van der Waals surface area contributed by atoms with Gasteiger partial charge in [-0.1, -0.05) is 5.16 Å². The molecule has 0 bridgehead atoms. The summed E-state index contributed by atoms with van der Waals surface area (Å²) in [6, 6.07) is 9.82. The first-order chi connectivity index (χ1) is 10.1. The maximum absolute atomic E-state index is 10.8. The number of hydrogen-bond donors (Lipinski definition) is 1. The molecular weight excluding hydrogens is 338 g/mol. The lowest BCUT2D eigenvalue weighted by atomic mass is 10.1. The van der Waals surface area contributed by atoms with Gasteiger partial charge in [0, 0.05) is 16.2 Å². The fourth-order valence-electron chi connectivity index (χ4n) is 1.71. The van der Waals surface area contributed by atoms with Crippen molar-refractivity contribution in [3.63, 3.8) is 0 Å². The Labute approximate surface area is 127 Å². The van der Waals surface area contributed by atoms with E-state index in [1.54, 1.807) is 24.4 Å². The Balaban J connectivity index is 1.90. The van der Waals surface area contributed by atoms with Crippen LogP contribution in [0.4, 0.5) is 0 Å². The molecule has 6 nitrogen and oxygen atoms in total. The molecule has 0 amide bonds. The van der Waals surface area contributed by atoms with Crippen molar-refractivity contribution >= 4 is 21.9 Å². The predicted octanol–water partition coefficient (Wildman–Crippen LogP) is 3.26. The number of halogens is 1. The third-order valence-corrected chi connectivity index (χ3v) is 3.23. The summed E-state index contributed by atoms with van der Waals surface area (Å²) >= 11 is 3.30. The number of hydrogen-bond acceptors (Lipinski definition) is 5. The van der Waals surface area contributed by atoms with E-state index < -0.39 is 5.97 Å². The fourth-order valence-corrected chi connectivity index (χ4v) is 1.94. The average Bonchev–Trinajstić information content (AvgIpc) is 2.98. The zero-order chi connectivity index (χ0) is 14.8. The van der Waals surface area contributed by atoms with E-state index in [0.717, 1.165) is 4.47 Å². The van der Waals surface area contributed by atoms with E-state index >= 15 is 0 Å². The van der Waals surface area contributed by atoms with Gasteiger partial charge in [-0.15, -0.1) is 0 Å². The standard InChI is InChI=1S/C14H8BrN3O3/c15-10-5-6-11(16-7-10)12-17-13(21-18-12)8-1-3-9(4-2-8)14(19)20/h1-7H,(H,19,20). The summed E-state index contributed by atoms with van der Waals surface area (Å²) in [6.07, 6.45) is 1.65. The lowest BCUT2D eigenvalue weighted by molar-refractivity contribution is 0.0697. The second-order valence-electron chi connectivity index (χ2n) is 4.17. The van der Waals surface area contributed by atoms with Crippen LogP contribution < -0.4 is 0 Å². The number of carboxylic acid groups (broad SMARTS) is 1.